The Bertz CT molecular complexity index is 1050. The van der Waals surface area contributed by atoms with Gasteiger partial charge in [0.15, 0.2) is 0 Å². The lowest BCUT2D eigenvalue weighted by molar-refractivity contribution is 0.156. The third-order valence-electron chi connectivity index (χ3n) is 5.59. The average molecular weight is 407 g/mol. The van der Waals surface area contributed by atoms with E-state index in [1.807, 2.05) is 36.0 Å². The number of benzene rings is 1. The van der Waals surface area contributed by atoms with Crippen LogP contribution in [0.3, 0.4) is 0 Å². The van der Waals surface area contributed by atoms with Gasteiger partial charge in [0.25, 0.3) is 0 Å². The van der Waals surface area contributed by atoms with Crippen molar-refractivity contribution in [3.05, 3.63) is 82.8 Å². The summed E-state index contributed by atoms with van der Waals surface area (Å²) in [5.41, 5.74) is 8.40. The van der Waals surface area contributed by atoms with E-state index in [2.05, 4.69) is 33.8 Å². The molecule has 0 saturated carbocycles. The molecule has 156 valence electrons. The number of rotatable bonds is 5. The van der Waals surface area contributed by atoms with Crippen LogP contribution < -0.4 is 4.74 Å². The zero-order valence-corrected chi connectivity index (χ0v) is 17.7. The Hall–Kier alpha value is -3.08. The molecule has 1 aromatic heterocycles. The molecule has 1 fully saturated rings. The Morgan fingerprint density at radius 1 is 1.17 bits per heavy atom. The first-order chi connectivity index (χ1) is 14.5. The van der Waals surface area contributed by atoms with Gasteiger partial charge in [-0.25, -0.2) is 4.39 Å². The summed E-state index contributed by atoms with van der Waals surface area (Å²) in [6.45, 7) is 6.61. The summed E-state index contributed by atoms with van der Waals surface area (Å²) < 4.78 is 21.4. The summed E-state index contributed by atoms with van der Waals surface area (Å²) >= 11 is 0. The van der Waals surface area contributed by atoms with Crippen LogP contribution in [0.25, 0.3) is 5.57 Å². The fourth-order valence-electron chi connectivity index (χ4n) is 4.04. The Morgan fingerprint density at radius 2 is 1.97 bits per heavy atom. The van der Waals surface area contributed by atoms with Crippen molar-refractivity contribution in [2.24, 2.45) is 7.05 Å². The fourth-order valence-corrected chi connectivity index (χ4v) is 4.04. The molecular weight excluding hydrogens is 379 g/mol. The van der Waals surface area contributed by atoms with E-state index < -0.39 is 0 Å². The van der Waals surface area contributed by atoms with Crippen molar-refractivity contribution in [1.29, 1.82) is 0 Å². The predicted molar refractivity (Wildman–Crippen MR) is 116 cm³/mol. The van der Waals surface area contributed by atoms with Crippen LogP contribution in [0, 0.1) is 12.7 Å². The van der Waals surface area contributed by atoms with E-state index in [-0.39, 0.29) is 5.82 Å². The Labute approximate surface area is 177 Å². The number of ether oxygens (including phenoxy) is 1. The normalized spacial score (nSPS) is 17.0. The van der Waals surface area contributed by atoms with Gasteiger partial charge in [0, 0.05) is 62.7 Å². The van der Waals surface area contributed by atoms with E-state index in [1.165, 1.54) is 17.7 Å². The van der Waals surface area contributed by atoms with Gasteiger partial charge in [0.2, 0.25) is 0 Å². The van der Waals surface area contributed by atoms with Crippen LogP contribution in [-0.4, -0.2) is 52.9 Å². The highest BCUT2D eigenvalue weighted by Gasteiger charge is 2.24. The molecule has 2 heterocycles. The monoisotopic (exact) mass is 406 g/mol. The van der Waals surface area contributed by atoms with E-state index in [0.717, 1.165) is 55.3 Å². The first-order valence-electron chi connectivity index (χ1n) is 10.2. The number of methoxy groups -OCH3 is 1. The SMILES string of the molecule is COc1ccc(F)cc1C1=CC=CC=C=C1N1CCN(Cc2cn(C)nc2C)CC1. The van der Waals surface area contributed by atoms with E-state index >= 15 is 0 Å². The third-order valence-corrected chi connectivity index (χ3v) is 5.59. The molecule has 1 aliphatic carbocycles. The number of hydrogen-bond acceptors (Lipinski definition) is 4. The summed E-state index contributed by atoms with van der Waals surface area (Å²) in [5.74, 6) is 0.378. The third kappa shape index (κ3) is 4.25. The van der Waals surface area contributed by atoms with Crippen LogP contribution in [0.1, 0.15) is 16.8 Å². The minimum Gasteiger partial charge on any atom is -0.496 e. The maximum absolute atomic E-state index is 14.0. The van der Waals surface area contributed by atoms with Crippen LogP contribution in [-0.2, 0) is 13.6 Å². The molecule has 1 aliphatic heterocycles. The number of halogens is 1. The van der Waals surface area contributed by atoms with Gasteiger partial charge in [-0.05, 0) is 31.2 Å². The molecule has 0 spiro atoms. The maximum atomic E-state index is 14.0. The summed E-state index contributed by atoms with van der Waals surface area (Å²) in [6.07, 6.45) is 9.92. The number of hydrogen-bond donors (Lipinski definition) is 0. The van der Waals surface area contributed by atoms with Crippen molar-refractivity contribution >= 4 is 5.57 Å². The standard InChI is InChI=1S/C24H27FN4O/c1-18-19(16-27(2)26-18)17-28-11-13-29(14-12-28)23-8-6-4-5-7-21(23)22-15-20(25)9-10-24(22)30-3/h4-7,9-10,15-16H,11-14,17H2,1-3H3. The second-order valence-electron chi connectivity index (χ2n) is 7.65. The number of nitrogens with zero attached hydrogens (tertiary/aromatic N) is 4. The van der Waals surface area contributed by atoms with Gasteiger partial charge in [-0.15, -0.1) is 0 Å². The lowest BCUT2D eigenvalue weighted by atomic mass is 10.00. The minimum atomic E-state index is -0.278. The molecule has 2 aliphatic rings. The second-order valence-corrected chi connectivity index (χ2v) is 7.65. The zero-order valence-electron chi connectivity index (χ0n) is 17.7. The molecule has 0 bridgehead atoms. The van der Waals surface area contributed by atoms with Crippen LogP contribution in [0.5, 0.6) is 5.75 Å². The Kier molecular flexibility index (Phi) is 5.88. The van der Waals surface area contributed by atoms with Crippen LogP contribution in [0.2, 0.25) is 0 Å². The van der Waals surface area contributed by atoms with Gasteiger partial charge in [0.05, 0.1) is 18.5 Å². The Morgan fingerprint density at radius 3 is 2.67 bits per heavy atom. The molecule has 5 nitrogen and oxygen atoms in total. The van der Waals surface area contributed by atoms with E-state index in [1.54, 1.807) is 13.2 Å². The first kappa shape index (κ1) is 20.2. The number of allylic oxidation sites excluding steroid dienone is 4. The molecule has 30 heavy (non-hydrogen) atoms. The lowest BCUT2D eigenvalue weighted by Gasteiger charge is -2.37. The zero-order chi connectivity index (χ0) is 21.1. The molecular formula is C24H27FN4O. The highest BCUT2D eigenvalue weighted by Crippen LogP contribution is 2.34. The van der Waals surface area contributed by atoms with Gasteiger partial charge < -0.3 is 9.64 Å². The molecule has 0 amide bonds. The molecule has 0 radical (unpaired) electrons. The van der Waals surface area contributed by atoms with Gasteiger partial charge in [-0.3, -0.25) is 9.58 Å². The Balaban J connectivity index is 1.53. The van der Waals surface area contributed by atoms with E-state index in [9.17, 15) is 4.39 Å². The van der Waals surface area contributed by atoms with Crippen LogP contribution >= 0.6 is 0 Å². The average Bonchev–Trinajstić information content (AvgIpc) is 2.93. The molecule has 4 rings (SSSR count). The molecule has 1 saturated heterocycles. The van der Waals surface area contributed by atoms with Crippen molar-refractivity contribution in [2.45, 2.75) is 13.5 Å². The van der Waals surface area contributed by atoms with Gasteiger partial charge >= 0.3 is 0 Å². The largest absolute Gasteiger partial charge is 0.496 e. The summed E-state index contributed by atoms with van der Waals surface area (Å²) in [5, 5.41) is 4.45. The van der Waals surface area contributed by atoms with Gasteiger partial charge in [-0.1, -0.05) is 24.0 Å². The molecule has 1 aromatic carbocycles. The van der Waals surface area contributed by atoms with Crippen molar-refractivity contribution in [1.82, 2.24) is 19.6 Å². The summed E-state index contributed by atoms with van der Waals surface area (Å²) in [4.78, 5) is 4.78. The summed E-state index contributed by atoms with van der Waals surface area (Å²) in [6, 6.07) is 4.64. The van der Waals surface area contributed by atoms with Crippen LogP contribution in [0.15, 0.2) is 60.1 Å². The number of piperazine rings is 1. The van der Waals surface area contributed by atoms with E-state index in [0.29, 0.717) is 5.75 Å². The molecule has 0 unspecified atom stereocenters. The topological polar surface area (TPSA) is 33.5 Å². The number of aromatic nitrogens is 2. The fraction of sp³-hybridized carbons (Fsp3) is 0.333. The second kappa shape index (κ2) is 8.74. The van der Waals surface area contributed by atoms with Crippen molar-refractivity contribution in [3.8, 4) is 5.75 Å². The quantitative estimate of drug-likeness (QED) is 0.710. The highest BCUT2D eigenvalue weighted by molar-refractivity contribution is 5.83. The smallest absolute Gasteiger partial charge is 0.126 e. The first-order valence-corrected chi connectivity index (χ1v) is 10.2. The summed E-state index contributed by atoms with van der Waals surface area (Å²) in [7, 11) is 3.57. The number of aryl methyl sites for hydroxylation is 2. The van der Waals surface area contributed by atoms with Gasteiger partial charge in [0.1, 0.15) is 11.6 Å². The predicted octanol–water partition coefficient (Wildman–Crippen LogP) is 3.69. The van der Waals surface area contributed by atoms with Crippen molar-refractivity contribution in [3.63, 3.8) is 0 Å². The molecule has 0 atom stereocenters. The van der Waals surface area contributed by atoms with Crippen molar-refractivity contribution < 1.29 is 9.13 Å². The maximum Gasteiger partial charge on any atom is 0.126 e. The van der Waals surface area contributed by atoms with Crippen molar-refractivity contribution in [2.75, 3.05) is 33.3 Å². The molecule has 0 N–H and O–H groups in total. The van der Waals surface area contributed by atoms with E-state index in [4.69, 9.17) is 4.74 Å². The van der Waals surface area contributed by atoms with Crippen LogP contribution in [0.4, 0.5) is 4.39 Å². The molecule has 2 aromatic rings. The highest BCUT2D eigenvalue weighted by atomic mass is 19.1. The van der Waals surface area contributed by atoms with Gasteiger partial charge in [-0.2, -0.15) is 5.10 Å². The molecule has 6 heteroatoms. The lowest BCUT2D eigenvalue weighted by Crippen LogP contribution is -2.45. The minimum absolute atomic E-state index is 0.278.